The van der Waals surface area contributed by atoms with E-state index in [0.29, 0.717) is 25.2 Å². The van der Waals surface area contributed by atoms with Gasteiger partial charge in [0.25, 0.3) is 0 Å². The third kappa shape index (κ3) is 3.37. The van der Waals surface area contributed by atoms with Gasteiger partial charge in [-0.15, -0.1) is 10.2 Å². The molecule has 1 heterocycles. The van der Waals surface area contributed by atoms with Crippen LogP contribution in [0.25, 0.3) is 11.4 Å². The van der Waals surface area contributed by atoms with Crippen LogP contribution < -0.4 is 5.32 Å². The van der Waals surface area contributed by atoms with E-state index in [1.807, 2.05) is 24.3 Å². The quantitative estimate of drug-likeness (QED) is 0.708. The van der Waals surface area contributed by atoms with E-state index in [9.17, 15) is 13.6 Å². The number of hydrogen-bond acceptors (Lipinski definition) is 4. The average Bonchev–Trinajstić information content (AvgIpc) is 3.41. The number of hydrogen-bond donors (Lipinski definition) is 2. The number of H-pyrrole nitrogens is 1. The topological polar surface area (TPSA) is 83.6 Å². The van der Waals surface area contributed by atoms with E-state index in [2.05, 4.69) is 25.9 Å². The molecule has 0 unspecified atom stereocenters. The third-order valence-electron chi connectivity index (χ3n) is 5.35. The van der Waals surface area contributed by atoms with Gasteiger partial charge >= 0.3 is 0 Å². The maximum absolute atomic E-state index is 14.4. The summed E-state index contributed by atoms with van der Waals surface area (Å²) < 4.78 is 28.1. The highest BCUT2D eigenvalue weighted by molar-refractivity contribution is 5.88. The van der Waals surface area contributed by atoms with Gasteiger partial charge in [-0.25, -0.2) is 8.78 Å². The van der Waals surface area contributed by atoms with Crippen molar-refractivity contribution >= 4 is 5.91 Å². The maximum atomic E-state index is 14.4. The van der Waals surface area contributed by atoms with E-state index in [4.69, 9.17) is 0 Å². The third-order valence-corrected chi connectivity index (χ3v) is 5.35. The van der Waals surface area contributed by atoms with Gasteiger partial charge in [-0.3, -0.25) is 4.79 Å². The molecule has 0 bridgehead atoms. The van der Waals surface area contributed by atoms with Crippen molar-refractivity contribution in [3.63, 3.8) is 0 Å². The monoisotopic (exact) mass is 383 g/mol. The van der Waals surface area contributed by atoms with Crippen LogP contribution in [0.3, 0.4) is 0 Å². The predicted octanol–water partition coefficient (Wildman–Crippen LogP) is 3.27. The summed E-state index contributed by atoms with van der Waals surface area (Å²) in [4.78, 5) is 13.0. The molecule has 1 saturated carbocycles. The molecule has 6 nitrogen and oxygen atoms in total. The number of nitrogens with one attached hydrogen (secondary N) is 2. The Bertz CT molecular complexity index is 967. The molecule has 1 aliphatic carbocycles. The molecule has 4 rings (SSSR count). The molecule has 1 aliphatic rings. The standard InChI is InChI=1S/C20H19F2N5O/c21-15-7-8-17(22)16(11-15)20(9-1-2-10-20)19(28)23-12-13-3-5-14(6-4-13)18-24-26-27-25-18/h3-8,11H,1-2,9-10,12H2,(H,23,28)(H,24,25,26,27). The number of amides is 1. The van der Waals surface area contributed by atoms with Gasteiger partial charge in [0.2, 0.25) is 11.7 Å². The number of rotatable bonds is 5. The maximum Gasteiger partial charge on any atom is 0.231 e. The largest absolute Gasteiger partial charge is 0.351 e. The highest BCUT2D eigenvalue weighted by Gasteiger charge is 2.44. The highest BCUT2D eigenvalue weighted by Crippen LogP contribution is 2.42. The molecule has 0 spiro atoms. The normalized spacial score (nSPS) is 15.5. The first-order valence-corrected chi connectivity index (χ1v) is 9.15. The van der Waals surface area contributed by atoms with Crippen molar-refractivity contribution in [2.24, 2.45) is 0 Å². The van der Waals surface area contributed by atoms with Crippen LogP contribution >= 0.6 is 0 Å². The van der Waals surface area contributed by atoms with E-state index >= 15 is 0 Å². The fourth-order valence-corrected chi connectivity index (χ4v) is 3.87. The lowest BCUT2D eigenvalue weighted by molar-refractivity contribution is -0.126. The molecule has 0 aliphatic heterocycles. The number of aromatic nitrogens is 4. The van der Waals surface area contributed by atoms with Crippen molar-refractivity contribution in [1.29, 1.82) is 0 Å². The van der Waals surface area contributed by atoms with Gasteiger partial charge in [0.15, 0.2) is 0 Å². The Morgan fingerprint density at radius 3 is 2.54 bits per heavy atom. The van der Waals surface area contributed by atoms with Crippen molar-refractivity contribution in [3.05, 3.63) is 65.2 Å². The van der Waals surface area contributed by atoms with Gasteiger partial charge in [0, 0.05) is 17.7 Å². The lowest BCUT2D eigenvalue weighted by Crippen LogP contribution is -2.43. The Hall–Kier alpha value is -3.16. The van der Waals surface area contributed by atoms with Crippen LogP contribution in [-0.2, 0) is 16.8 Å². The molecular formula is C20H19F2N5O. The highest BCUT2D eigenvalue weighted by atomic mass is 19.1. The van der Waals surface area contributed by atoms with Crippen LogP contribution in [0.2, 0.25) is 0 Å². The van der Waals surface area contributed by atoms with Crippen molar-refractivity contribution in [3.8, 4) is 11.4 Å². The van der Waals surface area contributed by atoms with Gasteiger partial charge in [0.05, 0.1) is 5.41 Å². The van der Waals surface area contributed by atoms with Crippen LogP contribution in [0.4, 0.5) is 8.78 Å². The van der Waals surface area contributed by atoms with E-state index < -0.39 is 17.0 Å². The van der Waals surface area contributed by atoms with E-state index in [1.165, 1.54) is 0 Å². The van der Waals surface area contributed by atoms with Crippen LogP contribution in [0.15, 0.2) is 42.5 Å². The number of carbonyl (C=O) groups excluding carboxylic acids is 1. The molecular weight excluding hydrogens is 364 g/mol. The summed E-state index contributed by atoms with van der Waals surface area (Å²) in [6.45, 7) is 0.296. The zero-order valence-corrected chi connectivity index (χ0v) is 15.1. The Morgan fingerprint density at radius 2 is 1.86 bits per heavy atom. The van der Waals surface area contributed by atoms with E-state index in [0.717, 1.165) is 42.2 Å². The summed E-state index contributed by atoms with van der Waals surface area (Å²) in [6, 6.07) is 10.7. The average molecular weight is 383 g/mol. The van der Waals surface area contributed by atoms with Crippen LogP contribution in [-0.4, -0.2) is 26.5 Å². The fourth-order valence-electron chi connectivity index (χ4n) is 3.87. The van der Waals surface area contributed by atoms with E-state index in [-0.39, 0.29) is 11.5 Å². The molecule has 0 radical (unpaired) electrons. The first-order chi connectivity index (χ1) is 13.6. The van der Waals surface area contributed by atoms with Crippen LogP contribution in [0, 0.1) is 11.6 Å². The summed E-state index contributed by atoms with van der Waals surface area (Å²) in [7, 11) is 0. The first kappa shape index (κ1) is 18.2. The van der Waals surface area contributed by atoms with E-state index in [1.54, 1.807) is 0 Å². The summed E-state index contributed by atoms with van der Waals surface area (Å²) in [6.07, 6.45) is 2.64. The number of carbonyl (C=O) groups is 1. The molecule has 1 aromatic heterocycles. The lowest BCUT2D eigenvalue weighted by Gasteiger charge is -2.28. The number of halogens is 2. The van der Waals surface area contributed by atoms with Gasteiger partial charge in [0.1, 0.15) is 11.6 Å². The van der Waals surface area contributed by atoms with Gasteiger partial charge in [-0.05, 0) is 41.8 Å². The molecule has 8 heteroatoms. The smallest absolute Gasteiger partial charge is 0.231 e. The molecule has 2 aromatic carbocycles. The fraction of sp³-hybridized carbons (Fsp3) is 0.300. The SMILES string of the molecule is O=C(NCc1ccc(-c2nn[nH]n2)cc1)C1(c2cc(F)ccc2F)CCCC1. The molecule has 1 fully saturated rings. The van der Waals surface area contributed by atoms with Crippen molar-refractivity contribution < 1.29 is 13.6 Å². The molecule has 0 saturated heterocycles. The number of aromatic amines is 1. The number of benzene rings is 2. The summed E-state index contributed by atoms with van der Waals surface area (Å²) in [5, 5.41) is 16.7. The number of nitrogens with zero attached hydrogens (tertiary/aromatic N) is 3. The van der Waals surface area contributed by atoms with Crippen molar-refractivity contribution in [2.75, 3.05) is 0 Å². The molecule has 2 N–H and O–H groups in total. The van der Waals surface area contributed by atoms with Gasteiger partial charge in [-0.1, -0.05) is 37.1 Å². The van der Waals surface area contributed by atoms with Gasteiger partial charge < -0.3 is 5.32 Å². The summed E-state index contributed by atoms with van der Waals surface area (Å²) >= 11 is 0. The molecule has 28 heavy (non-hydrogen) atoms. The van der Waals surface area contributed by atoms with Crippen LogP contribution in [0.5, 0.6) is 0 Å². The molecule has 0 atom stereocenters. The van der Waals surface area contributed by atoms with Crippen molar-refractivity contribution in [1.82, 2.24) is 25.9 Å². The van der Waals surface area contributed by atoms with Crippen molar-refractivity contribution in [2.45, 2.75) is 37.6 Å². The minimum atomic E-state index is -1.02. The predicted molar refractivity (Wildman–Crippen MR) is 98.0 cm³/mol. The summed E-state index contributed by atoms with van der Waals surface area (Å²) in [5.74, 6) is -0.853. The zero-order chi connectivity index (χ0) is 19.6. The second-order valence-corrected chi connectivity index (χ2v) is 7.03. The van der Waals surface area contributed by atoms with Gasteiger partial charge in [-0.2, -0.15) is 5.21 Å². The molecule has 3 aromatic rings. The zero-order valence-electron chi connectivity index (χ0n) is 15.1. The summed E-state index contributed by atoms with van der Waals surface area (Å²) in [5.41, 5.74) is 0.817. The first-order valence-electron chi connectivity index (χ1n) is 9.15. The number of tetrazole rings is 1. The molecule has 144 valence electrons. The Labute approximate surface area is 160 Å². The Balaban J connectivity index is 1.50. The lowest BCUT2D eigenvalue weighted by atomic mass is 9.77. The second-order valence-electron chi connectivity index (χ2n) is 7.03. The van der Waals surface area contributed by atoms with Crippen LogP contribution in [0.1, 0.15) is 36.8 Å². The Morgan fingerprint density at radius 1 is 1.11 bits per heavy atom. The minimum absolute atomic E-state index is 0.148. The Kier molecular flexibility index (Phi) is 4.85. The minimum Gasteiger partial charge on any atom is -0.351 e. The second kappa shape index (κ2) is 7.46. The molecule has 1 amide bonds.